The molecule has 0 aliphatic carbocycles. The largest absolute Gasteiger partial charge is 0.481 e. The van der Waals surface area contributed by atoms with E-state index in [4.69, 9.17) is 10.2 Å². The first kappa shape index (κ1) is 12.8. The third-order valence-corrected chi connectivity index (χ3v) is 3.73. The van der Waals surface area contributed by atoms with Crippen LogP contribution in [0.2, 0.25) is 0 Å². The van der Waals surface area contributed by atoms with E-state index in [0.29, 0.717) is 0 Å². The fourth-order valence-corrected chi connectivity index (χ4v) is 2.28. The highest BCUT2D eigenvalue weighted by molar-refractivity contribution is 7.89. The number of aliphatic carboxylic acids is 1. The van der Waals surface area contributed by atoms with Crippen LogP contribution >= 0.6 is 0 Å². The number of carbonyl (C=O) groups is 1. The SMILES string of the molecule is NS(=O)(=O)c1ccc(N2CC(C(=O)O)C2)c(F)c1. The number of benzene rings is 1. The van der Waals surface area contributed by atoms with Crippen LogP contribution in [0, 0.1) is 11.7 Å². The van der Waals surface area contributed by atoms with Crippen molar-refractivity contribution in [2.75, 3.05) is 18.0 Å². The summed E-state index contributed by atoms with van der Waals surface area (Å²) in [5, 5.41) is 13.6. The van der Waals surface area contributed by atoms with Gasteiger partial charge in [-0.15, -0.1) is 0 Å². The smallest absolute Gasteiger partial charge is 0.310 e. The molecule has 2 rings (SSSR count). The molecule has 0 saturated carbocycles. The fraction of sp³-hybridized carbons (Fsp3) is 0.300. The van der Waals surface area contributed by atoms with Gasteiger partial charge in [-0.2, -0.15) is 0 Å². The van der Waals surface area contributed by atoms with Gasteiger partial charge in [0.2, 0.25) is 10.0 Å². The molecule has 3 N–H and O–H groups in total. The molecule has 0 bridgehead atoms. The van der Waals surface area contributed by atoms with E-state index in [-0.39, 0.29) is 23.7 Å². The van der Waals surface area contributed by atoms with Gasteiger partial charge >= 0.3 is 5.97 Å². The number of primary sulfonamides is 1. The van der Waals surface area contributed by atoms with E-state index in [9.17, 15) is 17.6 Å². The lowest BCUT2D eigenvalue weighted by molar-refractivity contribution is -0.142. The number of halogens is 1. The third-order valence-electron chi connectivity index (χ3n) is 2.82. The van der Waals surface area contributed by atoms with Crippen LogP contribution in [0.1, 0.15) is 0 Å². The van der Waals surface area contributed by atoms with Gasteiger partial charge in [-0.25, -0.2) is 17.9 Å². The van der Waals surface area contributed by atoms with E-state index >= 15 is 0 Å². The highest BCUT2D eigenvalue weighted by Crippen LogP contribution is 2.28. The Morgan fingerprint density at radius 3 is 2.50 bits per heavy atom. The molecular formula is C10H11FN2O4S. The maximum atomic E-state index is 13.7. The van der Waals surface area contributed by atoms with Crippen molar-refractivity contribution in [3.8, 4) is 0 Å². The van der Waals surface area contributed by atoms with Crippen molar-refractivity contribution in [2.45, 2.75) is 4.90 Å². The van der Waals surface area contributed by atoms with Crippen LogP contribution in [-0.2, 0) is 14.8 Å². The number of sulfonamides is 1. The van der Waals surface area contributed by atoms with Gasteiger partial charge in [0.25, 0.3) is 0 Å². The van der Waals surface area contributed by atoms with Crippen molar-refractivity contribution in [1.29, 1.82) is 0 Å². The Balaban J connectivity index is 2.20. The number of anilines is 1. The third kappa shape index (κ3) is 2.29. The molecule has 6 nitrogen and oxygen atoms in total. The van der Waals surface area contributed by atoms with Gasteiger partial charge in [0.15, 0.2) is 0 Å². The summed E-state index contributed by atoms with van der Waals surface area (Å²) in [6.07, 6.45) is 0. The zero-order chi connectivity index (χ0) is 13.5. The van der Waals surface area contributed by atoms with E-state index in [2.05, 4.69) is 0 Å². The Bertz CT molecular complexity index is 596. The van der Waals surface area contributed by atoms with Crippen molar-refractivity contribution in [3.05, 3.63) is 24.0 Å². The Kier molecular flexibility index (Phi) is 2.99. The second kappa shape index (κ2) is 4.21. The van der Waals surface area contributed by atoms with E-state index in [1.807, 2.05) is 0 Å². The van der Waals surface area contributed by atoms with Crippen LogP contribution < -0.4 is 10.0 Å². The molecular weight excluding hydrogens is 263 g/mol. The van der Waals surface area contributed by atoms with Crippen molar-refractivity contribution in [3.63, 3.8) is 0 Å². The second-order valence-corrected chi connectivity index (χ2v) is 5.66. The average Bonchev–Trinajstić information content (AvgIpc) is 2.15. The molecule has 98 valence electrons. The maximum Gasteiger partial charge on any atom is 0.310 e. The minimum atomic E-state index is -3.93. The lowest BCUT2D eigenvalue weighted by Gasteiger charge is -2.38. The first-order valence-corrected chi connectivity index (χ1v) is 6.64. The first-order valence-electron chi connectivity index (χ1n) is 5.09. The quantitative estimate of drug-likeness (QED) is 0.807. The van der Waals surface area contributed by atoms with Crippen LogP contribution in [0.4, 0.5) is 10.1 Å². The molecule has 0 radical (unpaired) electrons. The summed E-state index contributed by atoms with van der Waals surface area (Å²) >= 11 is 0. The minimum Gasteiger partial charge on any atom is -0.481 e. The second-order valence-electron chi connectivity index (χ2n) is 4.10. The number of rotatable bonds is 3. The summed E-state index contributed by atoms with van der Waals surface area (Å²) in [5.74, 6) is -2.17. The van der Waals surface area contributed by atoms with E-state index in [1.54, 1.807) is 0 Å². The van der Waals surface area contributed by atoms with E-state index in [1.165, 1.54) is 17.0 Å². The standard InChI is InChI=1S/C10H11FN2O4S/c11-8-3-7(18(12,16)17)1-2-9(8)13-4-6(5-13)10(14)15/h1-3,6H,4-5H2,(H,14,15)(H2,12,16,17). The summed E-state index contributed by atoms with van der Waals surface area (Å²) in [4.78, 5) is 11.8. The Labute approximate surface area is 103 Å². The number of hydrogen-bond acceptors (Lipinski definition) is 4. The monoisotopic (exact) mass is 274 g/mol. The van der Waals surface area contributed by atoms with Gasteiger partial charge in [-0.1, -0.05) is 0 Å². The molecule has 8 heteroatoms. The molecule has 1 fully saturated rings. The molecule has 1 aromatic carbocycles. The number of hydrogen-bond donors (Lipinski definition) is 2. The molecule has 1 aliphatic rings. The van der Waals surface area contributed by atoms with E-state index < -0.39 is 27.7 Å². The molecule has 1 aromatic rings. The molecule has 1 heterocycles. The molecule has 0 aromatic heterocycles. The van der Waals surface area contributed by atoms with Gasteiger partial charge in [-0.3, -0.25) is 4.79 Å². The van der Waals surface area contributed by atoms with Crippen LogP contribution in [-0.4, -0.2) is 32.6 Å². The lowest BCUT2D eigenvalue weighted by Crippen LogP contribution is -2.50. The number of carboxylic acid groups (broad SMARTS) is 1. The molecule has 1 aliphatic heterocycles. The predicted molar refractivity (Wildman–Crippen MR) is 61.1 cm³/mol. The Morgan fingerprint density at radius 2 is 2.06 bits per heavy atom. The highest BCUT2D eigenvalue weighted by atomic mass is 32.2. The van der Waals surface area contributed by atoms with Crippen molar-refractivity contribution >= 4 is 21.7 Å². The van der Waals surface area contributed by atoms with Crippen LogP contribution in [0.3, 0.4) is 0 Å². The number of nitrogens with two attached hydrogens (primary N) is 1. The van der Waals surface area contributed by atoms with E-state index in [0.717, 1.165) is 6.07 Å². The summed E-state index contributed by atoms with van der Waals surface area (Å²) in [6.45, 7) is 0.419. The van der Waals surface area contributed by atoms with Crippen LogP contribution in [0.5, 0.6) is 0 Å². The lowest BCUT2D eigenvalue weighted by atomic mass is 9.99. The van der Waals surface area contributed by atoms with Gasteiger partial charge in [0, 0.05) is 13.1 Å². The van der Waals surface area contributed by atoms with Crippen molar-refractivity contribution in [1.82, 2.24) is 0 Å². The number of nitrogens with zero attached hydrogens (tertiary/aromatic N) is 1. The molecule has 18 heavy (non-hydrogen) atoms. The van der Waals surface area contributed by atoms with Crippen molar-refractivity contribution < 1.29 is 22.7 Å². The van der Waals surface area contributed by atoms with Crippen LogP contribution in [0.25, 0.3) is 0 Å². The van der Waals surface area contributed by atoms with Gasteiger partial charge in [-0.05, 0) is 18.2 Å². The molecule has 0 amide bonds. The summed E-state index contributed by atoms with van der Waals surface area (Å²) in [5.41, 5.74) is 0.180. The first-order chi connectivity index (χ1) is 8.29. The fourth-order valence-electron chi connectivity index (χ4n) is 1.75. The Hall–Kier alpha value is -1.67. The number of carboxylic acids is 1. The van der Waals surface area contributed by atoms with Gasteiger partial charge in [0.1, 0.15) is 5.82 Å². The molecule has 1 saturated heterocycles. The summed E-state index contributed by atoms with van der Waals surface area (Å²) in [7, 11) is -3.93. The van der Waals surface area contributed by atoms with Gasteiger partial charge in [0.05, 0.1) is 16.5 Å². The normalized spacial score (nSPS) is 16.4. The molecule has 0 spiro atoms. The Morgan fingerprint density at radius 1 is 1.44 bits per heavy atom. The van der Waals surface area contributed by atoms with Crippen molar-refractivity contribution in [2.24, 2.45) is 11.1 Å². The zero-order valence-electron chi connectivity index (χ0n) is 9.21. The summed E-state index contributed by atoms with van der Waals surface area (Å²) < 4.78 is 35.7. The summed E-state index contributed by atoms with van der Waals surface area (Å²) in [6, 6.07) is 3.31. The van der Waals surface area contributed by atoms with Gasteiger partial charge < -0.3 is 10.0 Å². The maximum absolute atomic E-state index is 13.7. The highest BCUT2D eigenvalue weighted by Gasteiger charge is 2.34. The predicted octanol–water partition coefficient (Wildman–Crippen LogP) is -0.00610. The zero-order valence-corrected chi connectivity index (χ0v) is 10.0. The van der Waals surface area contributed by atoms with Crippen LogP contribution in [0.15, 0.2) is 23.1 Å². The molecule has 0 atom stereocenters. The minimum absolute atomic E-state index is 0.180. The molecule has 0 unspecified atom stereocenters. The topological polar surface area (TPSA) is 101 Å². The average molecular weight is 274 g/mol.